The second-order valence-corrected chi connectivity index (χ2v) is 8.27. The van der Waals surface area contributed by atoms with Crippen LogP contribution in [0.2, 0.25) is 0 Å². The van der Waals surface area contributed by atoms with Gasteiger partial charge in [-0.2, -0.15) is 13.2 Å². The van der Waals surface area contributed by atoms with Crippen molar-refractivity contribution < 1.29 is 27.1 Å². The zero-order chi connectivity index (χ0) is 23.3. The van der Waals surface area contributed by atoms with Gasteiger partial charge >= 0.3 is 12.1 Å². The molecule has 1 aromatic carbocycles. The Labute approximate surface area is 190 Å². The van der Waals surface area contributed by atoms with E-state index in [2.05, 4.69) is 19.6 Å². The Balaban J connectivity index is 0.000000222. The van der Waals surface area contributed by atoms with Gasteiger partial charge in [0.15, 0.2) is 10.8 Å². The van der Waals surface area contributed by atoms with Crippen LogP contribution in [0.1, 0.15) is 17.0 Å². The minimum Gasteiger partial charge on any atom is -0.466 e. The van der Waals surface area contributed by atoms with E-state index in [-0.39, 0.29) is 12.0 Å². The number of fused-ring (bicyclic) bond motifs is 1. The summed E-state index contributed by atoms with van der Waals surface area (Å²) in [6.07, 6.45) is 0.121. The highest BCUT2D eigenvalue weighted by molar-refractivity contribution is 7.96. The van der Waals surface area contributed by atoms with Gasteiger partial charge in [-0.3, -0.25) is 9.71 Å². The summed E-state index contributed by atoms with van der Waals surface area (Å²) in [5.41, 5.74) is 0.703. The predicted octanol–water partition coefficient (Wildman–Crippen LogP) is 4.12. The number of hydrogen-bond donors (Lipinski definition) is 1. The average Bonchev–Trinajstić information content (AvgIpc) is 3.43. The number of alkyl halides is 3. The lowest BCUT2D eigenvalue weighted by atomic mass is 10.1. The van der Waals surface area contributed by atoms with Gasteiger partial charge in [0, 0.05) is 36.3 Å². The average molecular weight is 489 g/mol. The smallest absolute Gasteiger partial charge is 0.416 e. The molecule has 2 aliphatic heterocycles. The van der Waals surface area contributed by atoms with Crippen LogP contribution in [0.5, 0.6) is 0 Å². The van der Waals surface area contributed by atoms with Crippen LogP contribution >= 0.6 is 23.3 Å². The monoisotopic (exact) mass is 488 g/mol. The van der Waals surface area contributed by atoms with E-state index in [9.17, 15) is 22.4 Å². The van der Waals surface area contributed by atoms with Gasteiger partial charge in [-0.25, -0.2) is 14.2 Å². The van der Waals surface area contributed by atoms with Crippen LogP contribution in [-0.4, -0.2) is 54.2 Å². The molecule has 172 valence electrons. The fourth-order valence-corrected chi connectivity index (χ4v) is 4.45. The van der Waals surface area contributed by atoms with Gasteiger partial charge in [0.25, 0.3) is 0 Å². The van der Waals surface area contributed by atoms with Crippen molar-refractivity contribution in [3.8, 4) is 0 Å². The lowest BCUT2D eigenvalue weighted by molar-refractivity contribution is -0.138. The molecule has 0 bridgehead atoms. The molecule has 1 atom stereocenters. The minimum absolute atomic E-state index is 0.290. The number of carbonyl (C=O) groups is 1. The van der Waals surface area contributed by atoms with E-state index < -0.39 is 17.6 Å². The lowest BCUT2D eigenvalue weighted by Gasteiger charge is -2.26. The van der Waals surface area contributed by atoms with Crippen LogP contribution in [0.3, 0.4) is 0 Å². The number of nitrogens with zero attached hydrogens (tertiary/aromatic N) is 3. The van der Waals surface area contributed by atoms with Crippen LogP contribution in [0.25, 0.3) is 0 Å². The third kappa shape index (κ3) is 5.67. The normalized spacial score (nSPS) is 18.0. The molecule has 1 saturated heterocycles. The first kappa shape index (κ1) is 24.2. The van der Waals surface area contributed by atoms with E-state index in [0.29, 0.717) is 18.2 Å². The molecule has 32 heavy (non-hydrogen) atoms. The summed E-state index contributed by atoms with van der Waals surface area (Å²) < 4.78 is 55.8. The first-order chi connectivity index (χ1) is 15.2. The third-order valence-corrected chi connectivity index (χ3v) is 5.99. The van der Waals surface area contributed by atoms with Gasteiger partial charge in [0.1, 0.15) is 5.82 Å². The van der Waals surface area contributed by atoms with E-state index in [0.717, 1.165) is 47.7 Å². The van der Waals surface area contributed by atoms with Crippen molar-refractivity contribution in [1.29, 1.82) is 0 Å². The molecule has 2 aromatic rings. The molecule has 0 radical (unpaired) electrons. The molecular weight excluding hydrogens is 468 g/mol. The number of methoxy groups -OCH3 is 1. The van der Waals surface area contributed by atoms with E-state index in [1.165, 1.54) is 7.11 Å². The number of rotatable bonds is 4. The molecule has 0 amide bonds. The third-order valence-electron chi connectivity index (χ3n) is 4.65. The van der Waals surface area contributed by atoms with Gasteiger partial charge < -0.3 is 9.64 Å². The van der Waals surface area contributed by atoms with Crippen LogP contribution in [0.15, 0.2) is 52.1 Å². The quantitative estimate of drug-likeness (QED) is 0.397. The largest absolute Gasteiger partial charge is 0.466 e. The summed E-state index contributed by atoms with van der Waals surface area (Å²) in [5, 5.41) is 2.83. The number of ether oxygens (including phenoxy) is 1. The lowest BCUT2D eigenvalue weighted by Crippen LogP contribution is -2.36. The number of halogens is 4. The number of carbonyl (C=O) groups excluding carboxylic acids is 1. The molecular formula is C20H20F4N4O2S2. The molecule has 4 rings (SSSR count). The number of hydrogen-bond acceptors (Lipinski definition) is 8. The van der Waals surface area contributed by atoms with Gasteiger partial charge in [0.2, 0.25) is 0 Å². The Kier molecular flexibility index (Phi) is 7.91. The van der Waals surface area contributed by atoms with Gasteiger partial charge in [0.05, 0.1) is 24.8 Å². The molecule has 2 aliphatic rings. The number of thiazole rings is 1. The van der Waals surface area contributed by atoms with Crippen molar-refractivity contribution in [3.63, 3.8) is 0 Å². The van der Waals surface area contributed by atoms with Gasteiger partial charge in [-0.05, 0) is 24.5 Å². The number of esters is 1. The Morgan fingerprint density at radius 1 is 1.38 bits per heavy atom. The molecule has 0 unspecified atom stereocenters. The van der Waals surface area contributed by atoms with Crippen molar-refractivity contribution in [2.75, 3.05) is 26.5 Å². The second kappa shape index (κ2) is 10.5. The van der Waals surface area contributed by atoms with E-state index in [4.69, 9.17) is 4.74 Å². The Bertz CT molecular complexity index is 1010. The molecule has 12 heteroatoms. The van der Waals surface area contributed by atoms with Crippen molar-refractivity contribution in [2.24, 2.45) is 4.99 Å². The minimum atomic E-state index is -4.46. The molecule has 1 N–H and O–H groups in total. The number of aliphatic imine (C=N–C) groups is 1. The summed E-state index contributed by atoms with van der Waals surface area (Å²) in [5.74, 6) is -0.306. The first-order valence-corrected chi connectivity index (χ1v) is 11.5. The maximum atomic E-state index is 12.2. The predicted molar refractivity (Wildman–Crippen MR) is 116 cm³/mol. The van der Waals surface area contributed by atoms with E-state index in [1.54, 1.807) is 29.5 Å². The second-order valence-electron chi connectivity index (χ2n) is 6.74. The fourth-order valence-electron chi connectivity index (χ4n) is 3.30. The summed E-state index contributed by atoms with van der Waals surface area (Å²) >= 11 is 3.15. The molecule has 3 heterocycles. The molecule has 1 fully saturated rings. The molecule has 0 saturated carbocycles. The van der Waals surface area contributed by atoms with Crippen molar-refractivity contribution >= 4 is 35.1 Å². The zero-order valence-electron chi connectivity index (χ0n) is 17.1. The maximum Gasteiger partial charge on any atom is 0.416 e. The van der Waals surface area contributed by atoms with E-state index >= 15 is 0 Å². The Morgan fingerprint density at radius 3 is 2.72 bits per heavy atom. The summed E-state index contributed by atoms with van der Waals surface area (Å²) in [6, 6.07) is 3.56. The van der Waals surface area contributed by atoms with Crippen LogP contribution in [-0.2, 0) is 15.7 Å². The van der Waals surface area contributed by atoms with Crippen molar-refractivity contribution in [2.45, 2.75) is 18.6 Å². The van der Waals surface area contributed by atoms with Gasteiger partial charge in [-0.15, -0.1) is 11.3 Å². The highest BCUT2D eigenvalue weighted by atomic mass is 32.2. The van der Waals surface area contributed by atoms with Crippen LogP contribution < -0.4 is 4.72 Å². The number of benzene rings is 1. The highest BCUT2D eigenvalue weighted by Gasteiger charge is 2.37. The number of amidine groups is 1. The molecule has 0 spiro atoms. The zero-order valence-corrected chi connectivity index (χ0v) is 18.8. The Hall–Kier alpha value is -2.44. The molecule has 6 nitrogen and oxygen atoms in total. The van der Waals surface area contributed by atoms with E-state index in [1.807, 2.05) is 11.6 Å². The maximum absolute atomic E-state index is 12.2. The molecule has 0 aliphatic carbocycles. The highest BCUT2D eigenvalue weighted by Crippen LogP contribution is 2.32. The SMILES string of the molecule is COC(=O)C1=C2C[C@H](NSC)CN2C(c2nccs2)=NC1.Fc1cccc(C(F)(F)F)c1. The number of aromatic nitrogens is 1. The standard InChI is InChI=1S/C13H16N4O2S2.C7H4F4/c1-19-13(18)9-6-15-11(12-14-3-4-21-12)17-7-8(16-20-2)5-10(9)17;8-6-3-1-2-5(4-6)7(9,10)11/h3-4,8,16H,5-7H2,1-2H3;1-4H/t8-;/m0./s1. The molecule has 1 aromatic heterocycles. The van der Waals surface area contributed by atoms with Crippen LogP contribution in [0.4, 0.5) is 17.6 Å². The van der Waals surface area contributed by atoms with Crippen molar-refractivity contribution in [3.05, 3.63) is 63.5 Å². The fraction of sp³-hybridized carbons (Fsp3) is 0.350. The summed E-state index contributed by atoms with van der Waals surface area (Å²) in [4.78, 5) is 23.0. The summed E-state index contributed by atoms with van der Waals surface area (Å²) in [6.45, 7) is 1.15. The summed E-state index contributed by atoms with van der Waals surface area (Å²) in [7, 11) is 1.41. The Morgan fingerprint density at radius 2 is 2.16 bits per heavy atom. The van der Waals surface area contributed by atoms with Gasteiger partial charge in [-0.1, -0.05) is 18.0 Å². The topological polar surface area (TPSA) is 66.8 Å². The van der Waals surface area contributed by atoms with Crippen LogP contribution in [0, 0.1) is 5.82 Å². The number of nitrogens with one attached hydrogen (secondary N) is 1. The first-order valence-electron chi connectivity index (χ1n) is 9.38. The van der Waals surface area contributed by atoms with Crippen molar-refractivity contribution in [1.82, 2.24) is 14.6 Å².